The van der Waals surface area contributed by atoms with Crippen LogP contribution in [0.4, 0.5) is 0 Å². The zero-order valence-electron chi connectivity index (χ0n) is 13.3. The normalized spacial score (nSPS) is 13.9. The Morgan fingerprint density at radius 2 is 2.04 bits per heavy atom. The monoisotopic (exact) mass is 329 g/mol. The van der Waals surface area contributed by atoms with Gasteiger partial charge in [0.15, 0.2) is 5.76 Å². The van der Waals surface area contributed by atoms with Crippen LogP contribution in [0.1, 0.15) is 33.5 Å². The Bertz CT molecular complexity index is 808. The van der Waals surface area contributed by atoms with E-state index in [-0.39, 0.29) is 18.2 Å². The number of carbonyl (C=O) groups excluding carboxylic acids is 1. The number of aryl methyl sites for hydroxylation is 2. The Labute approximate surface area is 138 Å². The van der Waals surface area contributed by atoms with Crippen molar-refractivity contribution in [2.45, 2.75) is 26.4 Å². The molecule has 2 aromatic heterocycles. The van der Waals surface area contributed by atoms with Crippen molar-refractivity contribution in [1.29, 1.82) is 0 Å². The Hall–Kier alpha value is -2.11. The molecule has 3 aromatic rings. The predicted octanol–water partition coefficient (Wildman–Crippen LogP) is 3.75. The first-order chi connectivity index (χ1) is 10.9. The van der Waals surface area contributed by atoms with Crippen LogP contribution in [0.5, 0.6) is 0 Å². The van der Waals surface area contributed by atoms with E-state index in [2.05, 4.69) is 5.32 Å². The van der Waals surface area contributed by atoms with Gasteiger partial charge in [0.05, 0.1) is 6.54 Å². The minimum Gasteiger partial charge on any atom is -0.451 e. The van der Waals surface area contributed by atoms with Gasteiger partial charge >= 0.3 is 0 Å². The van der Waals surface area contributed by atoms with Crippen molar-refractivity contribution in [1.82, 2.24) is 5.32 Å². The Morgan fingerprint density at radius 3 is 2.74 bits per heavy atom. The minimum absolute atomic E-state index is 0.126. The number of aliphatic hydroxyl groups is 1. The molecule has 2 heterocycles. The summed E-state index contributed by atoms with van der Waals surface area (Å²) in [5, 5.41) is 16.0. The van der Waals surface area contributed by atoms with E-state index in [0.29, 0.717) is 5.58 Å². The molecular formula is C18H19NO3S. The summed E-state index contributed by atoms with van der Waals surface area (Å²) in [6.45, 7) is 5.85. The lowest BCUT2D eigenvalue weighted by Gasteiger charge is -2.21. The van der Waals surface area contributed by atoms with Crippen molar-refractivity contribution in [3.63, 3.8) is 0 Å². The van der Waals surface area contributed by atoms with Gasteiger partial charge in [-0.3, -0.25) is 4.79 Å². The molecule has 0 fully saturated rings. The first kappa shape index (κ1) is 15.8. The molecule has 23 heavy (non-hydrogen) atoms. The SMILES string of the molecule is Cc1cc2cc(C(=O)NCC(C)(O)c3cccs3)oc2cc1C. The van der Waals surface area contributed by atoms with Gasteiger partial charge < -0.3 is 14.8 Å². The molecule has 1 aromatic carbocycles. The fraction of sp³-hybridized carbons (Fsp3) is 0.278. The number of nitrogens with one attached hydrogen (secondary N) is 1. The topological polar surface area (TPSA) is 62.5 Å². The maximum absolute atomic E-state index is 12.3. The van der Waals surface area contributed by atoms with E-state index in [9.17, 15) is 9.90 Å². The van der Waals surface area contributed by atoms with E-state index in [4.69, 9.17) is 4.42 Å². The molecule has 0 aliphatic carbocycles. The standard InChI is InChI=1S/C18H19NO3S/c1-11-7-13-9-15(22-14(13)8-12(11)2)17(20)19-10-18(3,21)16-5-4-6-23-16/h4-9,21H,10H2,1-3H3,(H,19,20). The first-order valence-corrected chi connectivity index (χ1v) is 8.30. The number of amides is 1. The lowest BCUT2D eigenvalue weighted by Crippen LogP contribution is -2.37. The molecule has 0 bridgehead atoms. The second kappa shape index (κ2) is 5.83. The van der Waals surface area contributed by atoms with Crippen molar-refractivity contribution in [2.75, 3.05) is 6.54 Å². The molecule has 0 radical (unpaired) electrons. The van der Waals surface area contributed by atoms with Crippen LogP contribution in [0.3, 0.4) is 0 Å². The van der Waals surface area contributed by atoms with Gasteiger partial charge in [-0.15, -0.1) is 11.3 Å². The minimum atomic E-state index is -1.09. The van der Waals surface area contributed by atoms with Gasteiger partial charge in [-0.2, -0.15) is 0 Å². The number of hydrogen-bond acceptors (Lipinski definition) is 4. The van der Waals surface area contributed by atoms with Gasteiger partial charge in [0.2, 0.25) is 0 Å². The summed E-state index contributed by atoms with van der Waals surface area (Å²) in [6.07, 6.45) is 0. The smallest absolute Gasteiger partial charge is 0.287 e. The van der Waals surface area contributed by atoms with Crippen LogP contribution >= 0.6 is 11.3 Å². The fourth-order valence-electron chi connectivity index (χ4n) is 2.43. The molecule has 120 valence electrons. The first-order valence-electron chi connectivity index (χ1n) is 7.42. The van der Waals surface area contributed by atoms with Crippen LogP contribution in [-0.2, 0) is 5.60 Å². The zero-order valence-corrected chi connectivity index (χ0v) is 14.2. The summed E-state index contributed by atoms with van der Waals surface area (Å²) in [6, 6.07) is 9.40. The van der Waals surface area contributed by atoms with Gasteiger partial charge in [-0.1, -0.05) is 6.07 Å². The third-order valence-corrected chi connectivity index (χ3v) is 5.12. The number of carbonyl (C=O) groups is 1. The highest BCUT2D eigenvalue weighted by Gasteiger charge is 2.25. The summed E-state index contributed by atoms with van der Waals surface area (Å²) < 4.78 is 5.63. The molecule has 0 aliphatic rings. The summed E-state index contributed by atoms with van der Waals surface area (Å²) in [7, 11) is 0. The van der Waals surface area contributed by atoms with Gasteiger partial charge in [0.1, 0.15) is 11.2 Å². The van der Waals surface area contributed by atoms with E-state index in [1.165, 1.54) is 11.3 Å². The summed E-state index contributed by atoms with van der Waals surface area (Å²) in [5.74, 6) is -0.0692. The van der Waals surface area contributed by atoms with Gasteiger partial charge in [0.25, 0.3) is 5.91 Å². The average molecular weight is 329 g/mol. The van der Waals surface area contributed by atoms with Crippen LogP contribution in [0.25, 0.3) is 11.0 Å². The highest BCUT2D eigenvalue weighted by molar-refractivity contribution is 7.10. The second-order valence-corrected chi connectivity index (χ2v) is 6.97. The third kappa shape index (κ3) is 3.16. The van der Waals surface area contributed by atoms with Crippen molar-refractivity contribution >= 4 is 28.2 Å². The van der Waals surface area contributed by atoms with Crippen molar-refractivity contribution in [2.24, 2.45) is 0 Å². The predicted molar refractivity (Wildman–Crippen MR) is 91.9 cm³/mol. The Morgan fingerprint density at radius 1 is 1.30 bits per heavy atom. The molecule has 1 unspecified atom stereocenters. The van der Waals surface area contributed by atoms with Crippen molar-refractivity contribution in [3.05, 3.63) is 57.5 Å². The van der Waals surface area contributed by atoms with Crippen molar-refractivity contribution < 1.29 is 14.3 Å². The van der Waals surface area contributed by atoms with Crippen LogP contribution < -0.4 is 5.32 Å². The number of benzene rings is 1. The maximum atomic E-state index is 12.3. The third-order valence-electron chi connectivity index (χ3n) is 4.00. The van der Waals surface area contributed by atoms with E-state index in [1.807, 2.05) is 43.5 Å². The van der Waals surface area contributed by atoms with Gasteiger partial charge in [-0.05, 0) is 61.5 Å². The number of thiophene rings is 1. The number of fused-ring (bicyclic) bond motifs is 1. The summed E-state index contributed by atoms with van der Waals surface area (Å²) >= 11 is 1.46. The maximum Gasteiger partial charge on any atom is 0.287 e. The largest absolute Gasteiger partial charge is 0.451 e. The van der Waals surface area contributed by atoms with E-state index < -0.39 is 5.60 Å². The quantitative estimate of drug-likeness (QED) is 0.766. The summed E-state index contributed by atoms with van der Waals surface area (Å²) in [5.41, 5.74) is 1.89. The van der Waals surface area contributed by atoms with Gasteiger partial charge in [0, 0.05) is 10.3 Å². The zero-order chi connectivity index (χ0) is 16.6. The molecule has 0 saturated heterocycles. The lowest BCUT2D eigenvalue weighted by atomic mass is 10.1. The van der Waals surface area contributed by atoms with E-state index in [0.717, 1.165) is 21.4 Å². The Kier molecular flexibility index (Phi) is 4.00. The Balaban J connectivity index is 1.76. The molecule has 1 atom stereocenters. The second-order valence-electron chi connectivity index (χ2n) is 6.02. The van der Waals surface area contributed by atoms with Gasteiger partial charge in [-0.25, -0.2) is 0 Å². The molecule has 2 N–H and O–H groups in total. The fourth-order valence-corrected chi connectivity index (χ4v) is 3.21. The molecule has 5 heteroatoms. The summed E-state index contributed by atoms with van der Waals surface area (Å²) in [4.78, 5) is 13.1. The highest BCUT2D eigenvalue weighted by Crippen LogP contribution is 2.25. The molecule has 3 rings (SSSR count). The molecule has 0 saturated carbocycles. The van der Waals surface area contributed by atoms with Crippen LogP contribution in [0.15, 0.2) is 40.1 Å². The number of furan rings is 1. The van der Waals surface area contributed by atoms with Crippen molar-refractivity contribution in [3.8, 4) is 0 Å². The molecular weight excluding hydrogens is 310 g/mol. The van der Waals surface area contributed by atoms with Crippen LogP contribution in [0, 0.1) is 13.8 Å². The highest BCUT2D eigenvalue weighted by atomic mass is 32.1. The number of rotatable bonds is 4. The number of hydrogen-bond donors (Lipinski definition) is 2. The van der Waals surface area contributed by atoms with E-state index in [1.54, 1.807) is 13.0 Å². The average Bonchev–Trinajstić information content (AvgIpc) is 3.15. The molecule has 0 aliphatic heterocycles. The van der Waals surface area contributed by atoms with Crippen LogP contribution in [-0.4, -0.2) is 17.6 Å². The van der Waals surface area contributed by atoms with E-state index >= 15 is 0 Å². The molecule has 4 nitrogen and oxygen atoms in total. The van der Waals surface area contributed by atoms with Crippen LogP contribution in [0.2, 0.25) is 0 Å². The molecule has 1 amide bonds. The molecule has 0 spiro atoms. The lowest BCUT2D eigenvalue weighted by molar-refractivity contribution is 0.0549.